The van der Waals surface area contributed by atoms with Crippen LogP contribution in [0.4, 0.5) is 0 Å². The zero-order chi connectivity index (χ0) is 13.1. The highest BCUT2D eigenvalue weighted by atomic mass is 79.9. The predicted octanol–water partition coefficient (Wildman–Crippen LogP) is 2.42. The molecule has 0 aliphatic rings. The maximum absolute atomic E-state index is 11.5. The van der Waals surface area contributed by atoms with Crippen molar-refractivity contribution >= 4 is 37.6 Å². The first kappa shape index (κ1) is 14.8. The number of sulfonamides is 1. The minimum atomic E-state index is -3.41. The normalized spacial score (nSPS) is 11.8. The molecule has 1 rings (SSSR count). The minimum Gasteiger partial charge on any atom is -0.496 e. The lowest BCUT2D eigenvalue weighted by Crippen LogP contribution is -2.27. The second-order valence-electron chi connectivity index (χ2n) is 3.43. The molecule has 0 saturated heterocycles. The summed E-state index contributed by atoms with van der Waals surface area (Å²) >= 11 is 8.72. The molecule has 1 aromatic rings. The van der Waals surface area contributed by atoms with Crippen molar-refractivity contribution in [1.29, 1.82) is 0 Å². The van der Waals surface area contributed by atoms with Crippen LogP contribution in [0.15, 0.2) is 22.7 Å². The fourth-order valence-corrected chi connectivity index (χ4v) is 2.70. The molecule has 0 spiro atoms. The highest BCUT2D eigenvalue weighted by Crippen LogP contribution is 2.24. The zero-order valence-electron chi connectivity index (χ0n) is 9.48. The van der Waals surface area contributed by atoms with E-state index in [0.717, 1.165) is 10.0 Å². The van der Waals surface area contributed by atoms with E-state index in [1.807, 2.05) is 12.1 Å². The Morgan fingerprint density at radius 1 is 1.47 bits per heavy atom. The van der Waals surface area contributed by atoms with Crippen LogP contribution in [0, 0.1) is 0 Å². The highest BCUT2D eigenvalue weighted by Gasteiger charge is 2.18. The smallest absolute Gasteiger partial charge is 0.228 e. The number of halogens is 2. The minimum absolute atomic E-state index is 0.220. The van der Waals surface area contributed by atoms with Crippen LogP contribution in [-0.2, 0) is 16.6 Å². The predicted molar refractivity (Wildman–Crippen MR) is 71.8 cm³/mol. The van der Waals surface area contributed by atoms with Gasteiger partial charge in [0, 0.05) is 23.6 Å². The number of hydrogen-bond acceptors (Lipinski definition) is 3. The van der Waals surface area contributed by atoms with Crippen LogP contribution >= 0.6 is 27.5 Å². The first-order valence-corrected chi connectivity index (χ1v) is 7.66. The molecule has 0 aliphatic carbocycles. The van der Waals surface area contributed by atoms with E-state index in [2.05, 4.69) is 15.9 Å². The summed E-state index contributed by atoms with van der Waals surface area (Å²) in [6.07, 6.45) is 0. The summed E-state index contributed by atoms with van der Waals surface area (Å²) in [5.41, 5.74) is 0.776. The van der Waals surface area contributed by atoms with Gasteiger partial charge in [-0.2, -0.15) is 4.31 Å². The van der Waals surface area contributed by atoms with Crippen molar-refractivity contribution in [2.24, 2.45) is 0 Å². The summed E-state index contributed by atoms with van der Waals surface area (Å²) < 4.78 is 30.3. The zero-order valence-corrected chi connectivity index (χ0v) is 12.6. The van der Waals surface area contributed by atoms with Crippen molar-refractivity contribution in [2.45, 2.75) is 6.54 Å². The molecule has 0 bridgehead atoms. The van der Waals surface area contributed by atoms with Gasteiger partial charge in [-0.3, -0.25) is 0 Å². The third kappa shape index (κ3) is 3.84. The van der Waals surface area contributed by atoms with Gasteiger partial charge in [0.1, 0.15) is 11.0 Å². The molecule has 0 fully saturated rings. The summed E-state index contributed by atoms with van der Waals surface area (Å²) in [5, 5.41) is -0.431. The van der Waals surface area contributed by atoms with E-state index < -0.39 is 15.2 Å². The van der Waals surface area contributed by atoms with Crippen LogP contribution in [0.25, 0.3) is 0 Å². The highest BCUT2D eigenvalue weighted by molar-refractivity contribution is 9.10. The molecule has 0 atom stereocenters. The van der Waals surface area contributed by atoms with E-state index in [1.54, 1.807) is 13.2 Å². The molecular weight excluding hydrogens is 330 g/mol. The van der Waals surface area contributed by atoms with E-state index in [4.69, 9.17) is 16.3 Å². The molecule has 0 unspecified atom stereocenters. The SMILES string of the molecule is COc1ccc(Br)cc1CN(C)S(=O)(=O)CCl. The van der Waals surface area contributed by atoms with Crippen LogP contribution in [0.2, 0.25) is 0 Å². The molecule has 96 valence electrons. The first-order chi connectivity index (χ1) is 7.90. The van der Waals surface area contributed by atoms with E-state index in [1.165, 1.54) is 11.4 Å². The van der Waals surface area contributed by atoms with E-state index in [0.29, 0.717) is 5.75 Å². The average molecular weight is 343 g/mol. The third-order valence-electron chi connectivity index (χ3n) is 2.25. The standard InChI is InChI=1S/C10H13BrClNO3S/c1-13(17(14,15)7-12)6-8-5-9(11)3-4-10(8)16-2/h3-5H,6-7H2,1-2H3. The topological polar surface area (TPSA) is 46.6 Å². The Hall–Kier alpha value is -0.300. The van der Waals surface area contributed by atoms with Crippen molar-refractivity contribution < 1.29 is 13.2 Å². The molecule has 17 heavy (non-hydrogen) atoms. The van der Waals surface area contributed by atoms with E-state index in [-0.39, 0.29) is 6.54 Å². The van der Waals surface area contributed by atoms with Crippen LogP contribution < -0.4 is 4.74 Å². The van der Waals surface area contributed by atoms with E-state index in [9.17, 15) is 8.42 Å². The molecule has 1 aromatic carbocycles. The first-order valence-electron chi connectivity index (χ1n) is 4.73. The van der Waals surface area contributed by atoms with Crippen LogP contribution in [-0.4, -0.2) is 32.1 Å². The molecule has 7 heteroatoms. The monoisotopic (exact) mass is 341 g/mol. The van der Waals surface area contributed by atoms with Gasteiger partial charge in [-0.15, -0.1) is 11.6 Å². The van der Waals surface area contributed by atoms with Gasteiger partial charge in [0.2, 0.25) is 10.0 Å². The molecule has 0 amide bonds. The lowest BCUT2D eigenvalue weighted by atomic mass is 10.2. The van der Waals surface area contributed by atoms with Gasteiger partial charge in [-0.25, -0.2) is 8.42 Å². The largest absolute Gasteiger partial charge is 0.496 e. The lowest BCUT2D eigenvalue weighted by molar-refractivity contribution is 0.398. The number of benzene rings is 1. The van der Waals surface area contributed by atoms with Gasteiger partial charge >= 0.3 is 0 Å². The molecule has 4 nitrogen and oxygen atoms in total. The maximum atomic E-state index is 11.5. The van der Waals surface area contributed by atoms with Crippen molar-refractivity contribution in [3.63, 3.8) is 0 Å². The van der Waals surface area contributed by atoms with Gasteiger partial charge < -0.3 is 4.74 Å². The number of rotatable bonds is 5. The molecule has 0 aromatic heterocycles. The lowest BCUT2D eigenvalue weighted by Gasteiger charge is -2.17. The maximum Gasteiger partial charge on any atom is 0.228 e. The molecule has 0 N–H and O–H groups in total. The van der Waals surface area contributed by atoms with Crippen LogP contribution in [0.3, 0.4) is 0 Å². The number of ether oxygens (including phenoxy) is 1. The van der Waals surface area contributed by atoms with Crippen molar-refractivity contribution in [1.82, 2.24) is 4.31 Å². The van der Waals surface area contributed by atoms with E-state index >= 15 is 0 Å². The number of methoxy groups -OCH3 is 1. The van der Waals surface area contributed by atoms with Crippen LogP contribution in [0.1, 0.15) is 5.56 Å². The number of hydrogen-bond donors (Lipinski definition) is 0. The number of alkyl halides is 1. The summed E-state index contributed by atoms with van der Waals surface area (Å²) in [4.78, 5) is 0. The molecule has 0 saturated carbocycles. The van der Waals surface area contributed by atoms with Crippen molar-refractivity contribution in [3.8, 4) is 5.75 Å². The Kier molecular flexibility index (Phi) is 5.24. The Morgan fingerprint density at radius 2 is 2.12 bits per heavy atom. The van der Waals surface area contributed by atoms with Gasteiger partial charge in [-0.1, -0.05) is 15.9 Å². The Labute approximate surface area is 115 Å². The third-order valence-corrected chi connectivity index (χ3v) is 4.92. The summed E-state index contributed by atoms with van der Waals surface area (Å²) in [6, 6.07) is 5.43. The average Bonchev–Trinajstić information content (AvgIpc) is 2.29. The Balaban J connectivity index is 2.99. The van der Waals surface area contributed by atoms with Crippen molar-refractivity contribution in [3.05, 3.63) is 28.2 Å². The Morgan fingerprint density at radius 3 is 2.65 bits per heavy atom. The van der Waals surface area contributed by atoms with Crippen molar-refractivity contribution in [2.75, 3.05) is 19.4 Å². The fraction of sp³-hybridized carbons (Fsp3) is 0.400. The Bertz CT molecular complexity index is 492. The van der Waals surface area contributed by atoms with Gasteiger partial charge in [0.15, 0.2) is 0 Å². The number of nitrogens with zero attached hydrogens (tertiary/aromatic N) is 1. The van der Waals surface area contributed by atoms with Gasteiger partial charge in [0.05, 0.1) is 7.11 Å². The second-order valence-corrected chi connectivity index (χ2v) is 7.01. The van der Waals surface area contributed by atoms with Gasteiger partial charge in [-0.05, 0) is 18.2 Å². The molecule has 0 aliphatic heterocycles. The molecule has 0 radical (unpaired) electrons. The summed E-state index contributed by atoms with van der Waals surface area (Å²) in [6.45, 7) is 0.220. The fourth-order valence-electron chi connectivity index (χ4n) is 1.29. The van der Waals surface area contributed by atoms with Gasteiger partial charge in [0.25, 0.3) is 0 Å². The van der Waals surface area contributed by atoms with Crippen LogP contribution in [0.5, 0.6) is 5.75 Å². The molecule has 0 heterocycles. The molecular formula is C10H13BrClNO3S. The summed E-state index contributed by atoms with van der Waals surface area (Å²) in [5.74, 6) is 0.643. The quantitative estimate of drug-likeness (QED) is 0.772. The second kappa shape index (κ2) is 6.04. The summed E-state index contributed by atoms with van der Waals surface area (Å²) in [7, 11) is -0.378.